The Labute approximate surface area is 269 Å². The first-order chi connectivity index (χ1) is 21.2. The van der Waals surface area contributed by atoms with Crippen LogP contribution < -0.4 is 0 Å². The van der Waals surface area contributed by atoms with E-state index < -0.39 is 12.3 Å². The maximum atomic E-state index is 8.40. The fourth-order valence-electron chi connectivity index (χ4n) is 4.60. The van der Waals surface area contributed by atoms with Gasteiger partial charge in [0.1, 0.15) is 0 Å². The molecule has 1 radical (unpaired) electrons. The molecule has 4 heteroatoms. The third kappa shape index (κ3) is 6.91. The van der Waals surface area contributed by atoms with Gasteiger partial charge in [0.2, 0.25) is 0 Å². The molecule has 42 heavy (non-hydrogen) atoms. The first-order valence-electron chi connectivity index (χ1n) is 15.0. The molecule has 2 nitrogen and oxygen atoms in total. The topological polar surface area (TPSA) is 25.8 Å². The summed E-state index contributed by atoms with van der Waals surface area (Å²) < 4.78 is 27.5. The van der Waals surface area contributed by atoms with Crippen molar-refractivity contribution in [2.45, 2.75) is 26.1 Å². The van der Waals surface area contributed by atoms with Crippen molar-refractivity contribution in [1.29, 1.82) is 0 Å². The van der Waals surface area contributed by atoms with Crippen LogP contribution in [0.4, 0.5) is 0 Å². The van der Waals surface area contributed by atoms with E-state index in [1.54, 1.807) is 48.0 Å². The molecule has 4 aromatic carbocycles. The molecule has 0 aliphatic carbocycles. The van der Waals surface area contributed by atoms with Crippen molar-refractivity contribution in [3.05, 3.63) is 156 Å². The van der Waals surface area contributed by atoms with Gasteiger partial charge in [0.05, 0.1) is 0 Å². The van der Waals surface area contributed by atoms with Crippen LogP contribution in [0.15, 0.2) is 128 Å². The summed E-state index contributed by atoms with van der Waals surface area (Å²) in [5.41, 5.74) is 5.64. The van der Waals surface area contributed by atoms with Gasteiger partial charge in [0.25, 0.3) is 0 Å². The largest absolute Gasteiger partial charge is 0.305 e. The Hall–Kier alpha value is -3.95. The fraction of sp³-hybridized carbons (Fsp3) is 0.105. The van der Waals surface area contributed by atoms with Gasteiger partial charge in [-0.15, -0.1) is 59.7 Å². The van der Waals surface area contributed by atoms with Crippen molar-refractivity contribution >= 4 is 31.5 Å². The van der Waals surface area contributed by atoms with Crippen LogP contribution >= 0.6 is 11.3 Å². The molecule has 209 valence electrons. The van der Waals surface area contributed by atoms with E-state index in [1.165, 1.54) is 20.2 Å². The van der Waals surface area contributed by atoms with Crippen molar-refractivity contribution in [2.24, 2.45) is 0 Å². The summed E-state index contributed by atoms with van der Waals surface area (Å²) in [7, 11) is 0. The van der Waals surface area contributed by atoms with Crippen LogP contribution in [-0.2, 0) is 26.5 Å². The maximum absolute atomic E-state index is 8.40. The zero-order valence-corrected chi connectivity index (χ0v) is 26.5. The summed E-state index contributed by atoms with van der Waals surface area (Å²) in [6, 6.07) is 43.3. The molecule has 0 saturated heterocycles. The number of nitrogens with zero attached hydrogens (tertiary/aromatic N) is 2. The van der Waals surface area contributed by atoms with Crippen molar-refractivity contribution < 1.29 is 24.2 Å². The Kier molecular flexibility index (Phi) is 8.46. The second-order valence-corrected chi connectivity index (χ2v) is 10.9. The van der Waals surface area contributed by atoms with Crippen molar-refractivity contribution in [1.82, 2.24) is 9.97 Å². The van der Waals surface area contributed by atoms with Gasteiger partial charge >= 0.3 is 0 Å². The summed E-state index contributed by atoms with van der Waals surface area (Å²) in [5, 5.41) is 2.52. The Morgan fingerprint density at radius 2 is 1.45 bits per heavy atom. The van der Waals surface area contributed by atoms with Crippen LogP contribution in [0.25, 0.3) is 42.7 Å². The summed E-state index contributed by atoms with van der Waals surface area (Å²) in [5.74, 6) is -0.628. The van der Waals surface area contributed by atoms with Gasteiger partial charge in [-0.05, 0) is 63.1 Å². The van der Waals surface area contributed by atoms with Crippen LogP contribution in [0, 0.1) is 12.1 Å². The molecule has 3 aromatic heterocycles. The molecule has 0 bridgehead atoms. The zero-order chi connectivity index (χ0) is 30.7. The summed E-state index contributed by atoms with van der Waals surface area (Å²) >= 11 is 1.79. The second-order valence-electron chi connectivity index (χ2n) is 9.85. The van der Waals surface area contributed by atoms with Gasteiger partial charge in [0, 0.05) is 41.3 Å². The van der Waals surface area contributed by atoms with Crippen molar-refractivity contribution in [3.8, 4) is 22.5 Å². The average molecular weight is 742 g/mol. The molecule has 0 unspecified atom stereocenters. The molecule has 0 spiro atoms. The summed E-state index contributed by atoms with van der Waals surface area (Å²) in [6.45, 7) is 3.79. The van der Waals surface area contributed by atoms with E-state index in [-0.39, 0.29) is 20.1 Å². The molecular weight excluding hydrogens is 709 g/mol. The molecular formula is C38H30IrN2S-2. The second kappa shape index (κ2) is 13.8. The number of thiophene rings is 1. The fourth-order valence-corrected chi connectivity index (χ4v) is 5.67. The Morgan fingerprint density at radius 3 is 2.24 bits per heavy atom. The monoisotopic (exact) mass is 742 g/mol. The smallest absolute Gasteiger partial charge is 0.0365 e. The van der Waals surface area contributed by atoms with E-state index in [4.69, 9.17) is 4.11 Å². The van der Waals surface area contributed by atoms with E-state index in [9.17, 15) is 0 Å². The molecule has 0 aliphatic heterocycles. The van der Waals surface area contributed by atoms with E-state index in [0.29, 0.717) is 11.1 Å². The zero-order valence-electron chi connectivity index (χ0n) is 26.3. The minimum atomic E-state index is -1.55. The number of fused-ring (bicyclic) bond motifs is 3. The van der Waals surface area contributed by atoms with Crippen LogP contribution in [0.3, 0.4) is 0 Å². The minimum absolute atomic E-state index is 0. The number of hydrogen-bond acceptors (Lipinski definition) is 3. The molecule has 3 heterocycles. The molecule has 0 atom stereocenters. The Balaban J connectivity index is 0.000000175. The van der Waals surface area contributed by atoms with Crippen molar-refractivity contribution in [3.63, 3.8) is 0 Å². The molecule has 7 aromatic rings. The Morgan fingerprint density at radius 1 is 0.714 bits per heavy atom. The van der Waals surface area contributed by atoms with E-state index in [0.717, 1.165) is 28.1 Å². The van der Waals surface area contributed by atoms with Gasteiger partial charge in [-0.1, -0.05) is 85.5 Å². The number of rotatable bonds is 5. The first kappa shape index (κ1) is 25.7. The molecule has 7 rings (SSSR count). The number of hydrogen-bond donors (Lipinski definition) is 0. The standard InChI is InChI=1S/C20H16NS.C18H14N.Ir/c1-13(2)14-9-10-21-18(12-14)15-7-8-20-17(11-15)16-5-3-4-6-19(16)22-20;1-3-7-15(8-4-1)13-16-11-12-19-18(14-16)17-9-5-2-6-10-17;/h3-6,8-13H,1-2H3;1-9,11-12,14H,13H2;/q2*-1;/i13D;13D2;. The van der Waals surface area contributed by atoms with Gasteiger partial charge in [-0.25, -0.2) is 0 Å². The molecule has 0 fully saturated rings. The van der Waals surface area contributed by atoms with Gasteiger partial charge in [0.15, 0.2) is 0 Å². The minimum Gasteiger partial charge on any atom is -0.305 e. The molecule has 0 amide bonds. The molecule has 0 aliphatic rings. The predicted octanol–water partition coefficient (Wildman–Crippen LogP) is 10.2. The van der Waals surface area contributed by atoms with E-state index in [1.807, 2.05) is 68.4 Å². The SMILES string of the molecule is [2H]C(C)(C)c1ccnc(-c2[c-]cc3sc4ccccc4c3c2)c1.[2H]C([2H])(c1ccccc1)c1ccnc(-c2[c-]cccc2)c1.[Ir]. The van der Waals surface area contributed by atoms with Crippen LogP contribution in [0.1, 0.15) is 40.5 Å². The first-order valence-corrected chi connectivity index (χ1v) is 14.3. The van der Waals surface area contributed by atoms with E-state index >= 15 is 0 Å². The molecule has 0 N–H and O–H groups in total. The van der Waals surface area contributed by atoms with Gasteiger partial charge in [-0.2, -0.15) is 11.3 Å². The number of pyridine rings is 2. The van der Waals surface area contributed by atoms with Crippen LogP contribution in [0.5, 0.6) is 0 Å². The third-order valence-corrected chi connectivity index (χ3v) is 7.86. The summed E-state index contributed by atoms with van der Waals surface area (Å²) in [6.07, 6.45) is 1.88. The average Bonchev–Trinajstić information content (AvgIpc) is 3.44. The summed E-state index contributed by atoms with van der Waals surface area (Å²) in [4.78, 5) is 8.80. The Bertz CT molecular complexity index is 2040. The third-order valence-electron chi connectivity index (χ3n) is 6.73. The quantitative estimate of drug-likeness (QED) is 0.164. The number of benzene rings is 4. The predicted molar refractivity (Wildman–Crippen MR) is 173 cm³/mol. The van der Waals surface area contributed by atoms with Gasteiger partial charge < -0.3 is 9.97 Å². The number of aromatic nitrogens is 2. The van der Waals surface area contributed by atoms with Crippen LogP contribution in [0.2, 0.25) is 0 Å². The van der Waals surface area contributed by atoms with Crippen LogP contribution in [-0.4, -0.2) is 9.97 Å². The van der Waals surface area contributed by atoms with Gasteiger partial charge in [-0.3, -0.25) is 0 Å². The maximum Gasteiger partial charge on any atom is 0.0365 e. The molecule has 0 saturated carbocycles. The van der Waals surface area contributed by atoms with E-state index in [2.05, 4.69) is 58.5 Å². The normalized spacial score (nSPS) is 12.4. The van der Waals surface area contributed by atoms with Crippen molar-refractivity contribution in [2.75, 3.05) is 0 Å².